The lowest BCUT2D eigenvalue weighted by Crippen LogP contribution is -2.29. The first-order valence-electron chi connectivity index (χ1n) is 6.57. The number of hydrogen-bond donors (Lipinski definition) is 2. The number of aromatic nitrogens is 2. The zero-order valence-corrected chi connectivity index (χ0v) is 12.3. The van der Waals surface area contributed by atoms with E-state index in [4.69, 9.17) is 5.73 Å². The molecule has 1 heterocycles. The molecule has 1 aromatic carbocycles. The van der Waals surface area contributed by atoms with Gasteiger partial charge in [-0.2, -0.15) is 5.10 Å². The van der Waals surface area contributed by atoms with E-state index in [9.17, 15) is 4.79 Å². The number of aryl methyl sites for hydroxylation is 3. The number of hydrogen-bond acceptors (Lipinski definition) is 3. The number of carbonyl (C=O) groups excluding carboxylic acids is 1. The summed E-state index contributed by atoms with van der Waals surface area (Å²) in [5.74, 6) is -0.207. The number of rotatable bonds is 3. The SMILES string of the molecule is Cc1ccccc1C(C)NC(=O)c1c(N)c(C)nn1C. The fourth-order valence-electron chi connectivity index (χ4n) is 2.36. The highest BCUT2D eigenvalue weighted by Gasteiger charge is 2.20. The summed E-state index contributed by atoms with van der Waals surface area (Å²) < 4.78 is 1.52. The minimum Gasteiger partial charge on any atom is -0.395 e. The molecule has 0 saturated heterocycles. The average Bonchev–Trinajstić information content (AvgIpc) is 2.63. The molecule has 0 saturated carbocycles. The minimum atomic E-state index is -0.207. The molecule has 106 valence electrons. The second-order valence-electron chi connectivity index (χ2n) is 5.02. The molecule has 1 unspecified atom stereocenters. The Bertz CT molecular complexity index is 645. The Morgan fingerprint density at radius 2 is 2.00 bits per heavy atom. The molecule has 2 aromatic rings. The number of amides is 1. The van der Waals surface area contributed by atoms with E-state index in [0.29, 0.717) is 17.1 Å². The quantitative estimate of drug-likeness (QED) is 0.898. The summed E-state index contributed by atoms with van der Waals surface area (Å²) in [6.07, 6.45) is 0. The number of anilines is 1. The molecular formula is C15H20N4O. The fourth-order valence-corrected chi connectivity index (χ4v) is 2.36. The maximum atomic E-state index is 12.3. The van der Waals surface area contributed by atoms with E-state index in [2.05, 4.69) is 10.4 Å². The van der Waals surface area contributed by atoms with Gasteiger partial charge < -0.3 is 11.1 Å². The number of nitrogens with two attached hydrogens (primary N) is 1. The molecule has 0 bridgehead atoms. The van der Waals surface area contributed by atoms with Gasteiger partial charge in [0.2, 0.25) is 0 Å². The molecule has 1 amide bonds. The lowest BCUT2D eigenvalue weighted by Gasteiger charge is -2.16. The second kappa shape index (κ2) is 5.36. The Balaban J connectivity index is 2.22. The minimum absolute atomic E-state index is 0.0849. The van der Waals surface area contributed by atoms with Gasteiger partial charge in [0.15, 0.2) is 0 Å². The third-order valence-corrected chi connectivity index (χ3v) is 3.49. The topological polar surface area (TPSA) is 72.9 Å². The molecule has 0 aliphatic heterocycles. The zero-order chi connectivity index (χ0) is 14.9. The van der Waals surface area contributed by atoms with Crippen molar-refractivity contribution < 1.29 is 4.79 Å². The van der Waals surface area contributed by atoms with Crippen LogP contribution in [0.2, 0.25) is 0 Å². The predicted molar refractivity (Wildman–Crippen MR) is 79.4 cm³/mol. The van der Waals surface area contributed by atoms with Crippen molar-refractivity contribution in [1.29, 1.82) is 0 Å². The molecule has 1 atom stereocenters. The van der Waals surface area contributed by atoms with Crippen LogP contribution in [0, 0.1) is 13.8 Å². The highest BCUT2D eigenvalue weighted by atomic mass is 16.2. The van der Waals surface area contributed by atoms with E-state index in [-0.39, 0.29) is 11.9 Å². The lowest BCUT2D eigenvalue weighted by molar-refractivity contribution is 0.0931. The fraction of sp³-hybridized carbons (Fsp3) is 0.333. The molecule has 0 aliphatic rings. The first-order chi connectivity index (χ1) is 9.41. The van der Waals surface area contributed by atoms with E-state index in [0.717, 1.165) is 11.1 Å². The van der Waals surface area contributed by atoms with Gasteiger partial charge in [-0.3, -0.25) is 9.48 Å². The maximum absolute atomic E-state index is 12.3. The zero-order valence-electron chi connectivity index (χ0n) is 12.3. The average molecular weight is 272 g/mol. The van der Waals surface area contributed by atoms with Crippen LogP contribution >= 0.6 is 0 Å². The molecule has 5 nitrogen and oxygen atoms in total. The first-order valence-corrected chi connectivity index (χ1v) is 6.57. The van der Waals surface area contributed by atoms with Gasteiger partial charge in [-0.15, -0.1) is 0 Å². The van der Waals surface area contributed by atoms with Crippen LogP contribution in [0.4, 0.5) is 5.69 Å². The van der Waals surface area contributed by atoms with Gasteiger partial charge in [-0.25, -0.2) is 0 Å². The normalized spacial score (nSPS) is 12.2. The first kappa shape index (κ1) is 14.1. The second-order valence-corrected chi connectivity index (χ2v) is 5.02. The van der Waals surface area contributed by atoms with E-state index in [1.165, 1.54) is 4.68 Å². The Morgan fingerprint density at radius 1 is 1.35 bits per heavy atom. The van der Waals surface area contributed by atoms with E-state index >= 15 is 0 Å². The molecule has 0 aliphatic carbocycles. The summed E-state index contributed by atoms with van der Waals surface area (Å²) in [5.41, 5.74) is 9.65. The molecule has 5 heteroatoms. The van der Waals surface area contributed by atoms with Gasteiger partial charge in [-0.1, -0.05) is 24.3 Å². The van der Waals surface area contributed by atoms with Crippen LogP contribution in [0.5, 0.6) is 0 Å². The summed E-state index contributed by atoms with van der Waals surface area (Å²) in [7, 11) is 1.72. The molecule has 0 radical (unpaired) electrons. The van der Waals surface area contributed by atoms with Crippen molar-refractivity contribution in [3.63, 3.8) is 0 Å². The van der Waals surface area contributed by atoms with Crippen molar-refractivity contribution >= 4 is 11.6 Å². The van der Waals surface area contributed by atoms with Crippen molar-refractivity contribution in [2.75, 3.05) is 5.73 Å². The van der Waals surface area contributed by atoms with Crippen LogP contribution in [-0.2, 0) is 7.05 Å². The number of nitrogen functional groups attached to an aromatic ring is 1. The summed E-state index contributed by atoms with van der Waals surface area (Å²) in [4.78, 5) is 12.3. The Hall–Kier alpha value is -2.30. The summed E-state index contributed by atoms with van der Waals surface area (Å²) >= 11 is 0. The predicted octanol–water partition coefficient (Wildman–Crippen LogP) is 2.11. The van der Waals surface area contributed by atoms with E-state index in [1.807, 2.05) is 38.1 Å². The Kier molecular flexibility index (Phi) is 3.79. The van der Waals surface area contributed by atoms with Gasteiger partial charge >= 0.3 is 0 Å². The third-order valence-electron chi connectivity index (χ3n) is 3.49. The Morgan fingerprint density at radius 3 is 2.55 bits per heavy atom. The van der Waals surface area contributed by atoms with Gasteiger partial charge in [0.1, 0.15) is 5.69 Å². The van der Waals surface area contributed by atoms with Gasteiger partial charge in [-0.05, 0) is 31.9 Å². The van der Waals surface area contributed by atoms with E-state index in [1.54, 1.807) is 14.0 Å². The molecule has 1 aromatic heterocycles. The van der Waals surface area contributed by atoms with Crippen LogP contribution in [0.3, 0.4) is 0 Å². The van der Waals surface area contributed by atoms with Crippen LogP contribution in [0.25, 0.3) is 0 Å². The van der Waals surface area contributed by atoms with Crippen molar-refractivity contribution in [1.82, 2.24) is 15.1 Å². The van der Waals surface area contributed by atoms with Crippen molar-refractivity contribution in [3.8, 4) is 0 Å². The third kappa shape index (κ3) is 2.52. The number of benzene rings is 1. The van der Waals surface area contributed by atoms with Crippen molar-refractivity contribution in [2.45, 2.75) is 26.8 Å². The summed E-state index contributed by atoms with van der Waals surface area (Å²) in [6.45, 7) is 5.77. The van der Waals surface area contributed by atoms with Gasteiger partial charge in [0, 0.05) is 7.05 Å². The monoisotopic (exact) mass is 272 g/mol. The molecule has 3 N–H and O–H groups in total. The molecular weight excluding hydrogens is 252 g/mol. The largest absolute Gasteiger partial charge is 0.395 e. The van der Waals surface area contributed by atoms with Crippen LogP contribution in [0.15, 0.2) is 24.3 Å². The van der Waals surface area contributed by atoms with Crippen molar-refractivity contribution in [2.24, 2.45) is 7.05 Å². The van der Waals surface area contributed by atoms with Gasteiger partial charge in [0.05, 0.1) is 17.4 Å². The molecule has 0 spiro atoms. The van der Waals surface area contributed by atoms with Crippen molar-refractivity contribution in [3.05, 3.63) is 46.8 Å². The Labute approximate surface area is 118 Å². The highest BCUT2D eigenvalue weighted by Crippen LogP contribution is 2.19. The summed E-state index contributed by atoms with van der Waals surface area (Å²) in [6, 6.07) is 7.90. The van der Waals surface area contributed by atoms with Crippen LogP contribution in [0.1, 0.15) is 40.3 Å². The van der Waals surface area contributed by atoms with Crippen LogP contribution in [-0.4, -0.2) is 15.7 Å². The maximum Gasteiger partial charge on any atom is 0.272 e. The lowest BCUT2D eigenvalue weighted by atomic mass is 10.0. The number of nitrogens with one attached hydrogen (secondary N) is 1. The summed E-state index contributed by atoms with van der Waals surface area (Å²) in [5, 5.41) is 7.13. The smallest absolute Gasteiger partial charge is 0.272 e. The number of nitrogens with zero attached hydrogens (tertiary/aromatic N) is 2. The van der Waals surface area contributed by atoms with E-state index < -0.39 is 0 Å². The van der Waals surface area contributed by atoms with Gasteiger partial charge in [0.25, 0.3) is 5.91 Å². The molecule has 2 rings (SSSR count). The standard InChI is InChI=1S/C15H20N4O/c1-9-7-5-6-8-12(9)10(2)17-15(20)14-13(16)11(3)18-19(14)4/h5-8,10H,16H2,1-4H3,(H,17,20). The van der Waals surface area contributed by atoms with Crippen LogP contribution < -0.4 is 11.1 Å². The highest BCUT2D eigenvalue weighted by molar-refractivity contribution is 5.98. The molecule has 20 heavy (non-hydrogen) atoms. The molecule has 0 fully saturated rings. The number of carbonyl (C=O) groups is 1.